The van der Waals surface area contributed by atoms with Crippen LogP contribution in [0.15, 0.2) is 23.1 Å². The Morgan fingerprint density at radius 1 is 1.25 bits per heavy atom. The SMILES string of the molecule is COc1cc(C(C)NC(C)C)ccc1SC. The maximum absolute atomic E-state index is 5.38. The van der Waals surface area contributed by atoms with E-state index < -0.39 is 0 Å². The van der Waals surface area contributed by atoms with Gasteiger partial charge in [0.2, 0.25) is 0 Å². The van der Waals surface area contributed by atoms with Gasteiger partial charge in [-0.15, -0.1) is 11.8 Å². The zero-order chi connectivity index (χ0) is 12.1. The van der Waals surface area contributed by atoms with E-state index >= 15 is 0 Å². The Bertz CT molecular complexity index is 339. The Balaban J connectivity index is 2.89. The van der Waals surface area contributed by atoms with Crippen molar-refractivity contribution in [3.05, 3.63) is 23.8 Å². The van der Waals surface area contributed by atoms with Gasteiger partial charge in [0, 0.05) is 17.0 Å². The monoisotopic (exact) mass is 239 g/mol. The fraction of sp³-hybridized carbons (Fsp3) is 0.538. The molecule has 0 saturated heterocycles. The van der Waals surface area contributed by atoms with Crippen LogP contribution in [0.25, 0.3) is 0 Å². The average Bonchev–Trinajstić information content (AvgIpc) is 2.27. The van der Waals surface area contributed by atoms with Crippen molar-refractivity contribution in [2.24, 2.45) is 0 Å². The Kier molecular flexibility index (Phi) is 5.16. The smallest absolute Gasteiger partial charge is 0.132 e. The topological polar surface area (TPSA) is 21.3 Å². The summed E-state index contributed by atoms with van der Waals surface area (Å²) in [4.78, 5) is 1.18. The van der Waals surface area contributed by atoms with E-state index in [1.807, 2.05) is 0 Å². The van der Waals surface area contributed by atoms with E-state index in [1.165, 1.54) is 10.5 Å². The van der Waals surface area contributed by atoms with Crippen molar-refractivity contribution in [2.45, 2.75) is 37.8 Å². The molecule has 0 saturated carbocycles. The molecule has 3 heteroatoms. The molecule has 0 radical (unpaired) electrons. The Morgan fingerprint density at radius 3 is 2.44 bits per heavy atom. The molecule has 90 valence electrons. The highest BCUT2D eigenvalue weighted by Gasteiger charge is 2.09. The third-order valence-electron chi connectivity index (χ3n) is 2.49. The van der Waals surface area contributed by atoms with Gasteiger partial charge in [0.15, 0.2) is 0 Å². The van der Waals surface area contributed by atoms with Crippen LogP contribution in [0.3, 0.4) is 0 Å². The predicted octanol–water partition coefficient (Wildman–Crippen LogP) is 3.48. The average molecular weight is 239 g/mol. The summed E-state index contributed by atoms with van der Waals surface area (Å²) >= 11 is 1.71. The molecule has 1 aromatic rings. The van der Waals surface area contributed by atoms with Crippen LogP contribution in [-0.4, -0.2) is 19.4 Å². The molecule has 2 nitrogen and oxygen atoms in total. The molecular weight excluding hydrogens is 218 g/mol. The normalized spacial score (nSPS) is 12.9. The van der Waals surface area contributed by atoms with Gasteiger partial charge in [-0.05, 0) is 30.9 Å². The summed E-state index contributed by atoms with van der Waals surface area (Å²) in [6, 6.07) is 7.24. The number of nitrogens with one attached hydrogen (secondary N) is 1. The molecule has 0 aliphatic carbocycles. The minimum atomic E-state index is 0.352. The summed E-state index contributed by atoms with van der Waals surface area (Å²) in [5.41, 5.74) is 1.27. The molecule has 0 fully saturated rings. The number of ether oxygens (including phenoxy) is 1. The Morgan fingerprint density at radius 2 is 1.94 bits per heavy atom. The van der Waals surface area contributed by atoms with Gasteiger partial charge in [0.1, 0.15) is 5.75 Å². The van der Waals surface area contributed by atoms with Crippen LogP contribution < -0.4 is 10.1 Å². The van der Waals surface area contributed by atoms with Gasteiger partial charge >= 0.3 is 0 Å². The van der Waals surface area contributed by atoms with E-state index in [9.17, 15) is 0 Å². The molecule has 0 aliphatic rings. The van der Waals surface area contributed by atoms with Gasteiger partial charge < -0.3 is 10.1 Å². The van der Waals surface area contributed by atoms with E-state index in [4.69, 9.17) is 4.74 Å². The van der Waals surface area contributed by atoms with Crippen molar-refractivity contribution in [1.29, 1.82) is 0 Å². The van der Waals surface area contributed by atoms with Crippen molar-refractivity contribution < 1.29 is 4.74 Å². The molecule has 0 heterocycles. The van der Waals surface area contributed by atoms with Crippen LogP contribution >= 0.6 is 11.8 Å². The number of thioether (sulfide) groups is 1. The first-order valence-electron chi connectivity index (χ1n) is 5.56. The fourth-order valence-electron chi connectivity index (χ4n) is 1.72. The lowest BCUT2D eigenvalue weighted by molar-refractivity contribution is 0.402. The summed E-state index contributed by atoms with van der Waals surface area (Å²) in [5, 5.41) is 3.49. The summed E-state index contributed by atoms with van der Waals surface area (Å²) in [6.45, 7) is 6.49. The quantitative estimate of drug-likeness (QED) is 0.795. The van der Waals surface area contributed by atoms with Crippen molar-refractivity contribution in [1.82, 2.24) is 5.32 Å². The first kappa shape index (κ1) is 13.4. The third-order valence-corrected chi connectivity index (χ3v) is 3.27. The van der Waals surface area contributed by atoms with Crippen LogP contribution in [0, 0.1) is 0 Å². The summed E-state index contributed by atoms with van der Waals surface area (Å²) in [5.74, 6) is 0.961. The standard InChI is InChI=1S/C13H21NOS/c1-9(2)14-10(3)11-6-7-13(16-5)12(8-11)15-4/h6-10,14H,1-5H3. The zero-order valence-electron chi connectivity index (χ0n) is 10.7. The van der Waals surface area contributed by atoms with Gasteiger partial charge in [0.25, 0.3) is 0 Å². The molecular formula is C13H21NOS. The van der Waals surface area contributed by atoms with Gasteiger partial charge in [-0.3, -0.25) is 0 Å². The van der Waals surface area contributed by atoms with E-state index in [0.29, 0.717) is 12.1 Å². The van der Waals surface area contributed by atoms with Gasteiger partial charge in [0.05, 0.1) is 7.11 Å². The molecule has 0 aliphatic heterocycles. The molecule has 1 N–H and O–H groups in total. The van der Waals surface area contributed by atoms with Crippen molar-refractivity contribution in [3.8, 4) is 5.75 Å². The van der Waals surface area contributed by atoms with E-state index in [0.717, 1.165) is 5.75 Å². The number of hydrogen-bond donors (Lipinski definition) is 1. The van der Waals surface area contributed by atoms with Crippen LogP contribution in [0.5, 0.6) is 5.75 Å². The second-order valence-corrected chi connectivity index (χ2v) is 5.01. The van der Waals surface area contributed by atoms with Gasteiger partial charge in [-0.25, -0.2) is 0 Å². The third kappa shape index (κ3) is 3.42. The highest BCUT2D eigenvalue weighted by molar-refractivity contribution is 7.98. The summed E-state index contributed by atoms with van der Waals surface area (Å²) in [7, 11) is 1.72. The number of hydrogen-bond acceptors (Lipinski definition) is 3. The first-order chi connectivity index (χ1) is 7.58. The summed E-state index contributed by atoms with van der Waals surface area (Å²) < 4.78 is 5.38. The molecule has 0 amide bonds. The molecule has 0 bridgehead atoms. The van der Waals surface area contributed by atoms with Crippen LogP contribution in [0.1, 0.15) is 32.4 Å². The lowest BCUT2D eigenvalue weighted by Crippen LogP contribution is -2.26. The highest BCUT2D eigenvalue weighted by atomic mass is 32.2. The number of methoxy groups -OCH3 is 1. The van der Waals surface area contributed by atoms with Crippen molar-refractivity contribution in [3.63, 3.8) is 0 Å². The minimum absolute atomic E-state index is 0.352. The predicted molar refractivity (Wildman–Crippen MR) is 71.5 cm³/mol. The first-order valence-corrected chi connectivity index (χ1v) is 6.79. The lowest BCUT2D eigenvalue weighted by atomic mass is 10.1. The lowest BCUT2D eigenvalue weighted by Gasteiger charge is -2.18. The molecule has 0 aromatic heterocycles. The molecule has 1 rings (SSSR count). The second-order valence-electron chi connectivity index (χ2n) is 4.16. The maximum atomic E-state index is 5.38. The molecule has 1 unspecified atom stereocenters. The van der Waals surface area contributed by atoms with Gasteiger partial charge in [-0.1, -0.05) is 19.9 Å². The summed E-state index contributed by atoms with van der Waals surface area (Å²) in [6.07, 6.45) is 2.06. The van der Waals surface area contributed by atoms with Crippen LogP contribution in [0.2, 0.25) is 0 Å². The molecule has 1 aromatic carbocycles. The van der Waals surface area contributed by atoms with Crippen molar-refractivity contribution >= 4 is 11.8 Å². The fourth-order valence-corrected chi connectivity index (χ4v) is 2.27. The number of benzene rings is 1. The van der Waals surface area contributed by atoms with Crippen molar-refractivity contribution in [2.75, 3.05) is 13.4 Å². The van der Waals surface area contributed by atoms with Crippen LogP contribution in [-0.2, 0) is 0 Å². The van der Waals surface area contributed by atoms with E-state index in [-0.39, 0.29) is 0 Å². The zero-order valence-corrected chi connectivity index (χ0v) is 11.5. The maximum Gasteiger partial charge on any atom is 0.132 e. The highest BCUT2D eigenvalue weighted by Crippen LogP contribution is 2.30. The Hall–Kier alpha value is -0.670. The second kappa shape index (κ2) is 6.16. The number of rotatable bonds is 5. The molecule has 16 heavy (non-hydrogen) atoms. The van der Waals surface area contributed by atoms with E-state index in [2.05, 4.69) is 50.5 Å². The largest absolute Gasteiger partial charge is 0.496 e. The molecule has 1 atom stereocenters. The van der Waals surface area contributed by atoms with E-state index in [1.54, 1.807) is 18.9 Å². The van der Waals surface area contributed by atoms with Crippen LogP contribution in [0.4, 0.5) is 0 Å². The molecule has 0 spiro atoms. The van der Waals surface area contributed by atoms with Gasteiger partial charge in [-0.2, -0.15) is 0 Å². The Labute approximate surface area is 103 Å². The minimum Gasteiger partial charge on any atom is -0.496 e.